The van der Waals surface area contributed by atoms with Crippen molar-refractivity contribution < 1.29 is 18.6 Å². The molecular formula is C27H40O4Si. The third kappa shape index (κ3) is 8.21. The number of allylic oxidation sites excluding steroid dienone is 1. The van der Waals surface area contributed by atoms with Gasteiger partial charge in [0.05, 0.1) is 19.8 Å². The van der Waals surface area contributed by atoms with E-state index in [1.807, 2.05) is 12.1 Å². The van der Waals surface area contributed by atoms with Crippen LogP contribution in [0.15, 0.2) is 60.7 Å². The molecular weight excluding hydrogens is 416 g/mol. The summed E-state index contributed by atoms with van der Waals surface area (Å²) in [5, 5.41) is 0.163. The van der Waals surface area contributed by atoms with Crippen molar-refractivity contribution in [3.63, 3.8) is 0 Å². The number of hydrogen-bond donors (Lipinski definition) is 0. The maximum atomic E-state index is 6.80. The van der Waals surface area contributed by atoms with Gasteiger partial charge in [-0.2, -0.15) is 0 Å². The average molecular weight is 457 g/mol. The topological polar surface area (TPSA) is 36.9 Å². The third-order valence-corrected chi connectivity index (χ3v) is 10.6. The van der Waals surface area contributed by atoms with E-state index in [0.717, 1.165) is 24.2 Å². The van der Waals surface area contributed by atoms with Gasteiger partial charge in [-0.05, 0) is 59.8 Å². The lowest BCUT2D eigenvalue weighted by molar-refractivity contribution is -0.0390. The molecule has 1 unspecified atom stereocenters. The van der Waals surface area contributed by atoms with E-state index in [-0.39, 0.29) is 11.1 Å². The predicted molar refractivity (Wildman–Crippen MR) is 135 cm³/mol. The first-order valence-electron chi connectivity index (χ1n) is 11.3. The molecule has 0 saturated carbocycles. The van der Waals surface area contributed by atoms with Crippen LogP contribution in [-0.2, 0) is 26.9 Å². The van der Waals surface area contributed by atoms with Gasteiger partial charge >= 0.3 is 0 Å². The minimum absolute atomic E-state index is 0.0401. The molecule has 1 atom stereocenters. The summed E-state index contributed by atoms with van der Waals surface area (Å²) in [6, 6.07) is 16.8. The van der Waals surface area contributed by atoms with E-state index in [2.05, 4.69) is 82.4 Å². The van der Waals surface area contributed by atoms with Gasteiger partial charge in [-0.25, -0.2) is 0 Å². The maximum Gasteiger partial charge on any atom is 0.192 e. The molecule has 0 saturated heterocycles. The molecule has 0 amide bonds. The minimum atomic E-state index is -1.90. The summed E-state index contributed by atoms with van der Waals surface area (Å²) in [7, 11) is 1.42. The second-order valence-electron chi connectivity index (χ2n) is 9.62. The van der Waals surface area contributed by atoms with Crippen LogP contribution < -0.4 is 4.74 Å². The highest BCUT2D eigenvalue weighted by Gasteiger charge is 2.39. The van der Waals surface area contributed by atoms with Crippen molar-refractivity contribution in [3.05, 3.63) is 77.4 Å². The van der Waals surface area contributed by atoms with Gasteiger partial charge in [-0.1, -0.05) is 69.3 Å². The van der Waals surface area contributed by atoms with Crippen molar-refractivity contribution >= 4 is 8.32 Å². The van der Waals surface area contributed by atoms with E-state index in [4.69, 9.17) is 18.6 Å². The Kier molecular flexibility index (Phi) is 10.2. The largest absolute Gasteiger partial charge is 0.497 e. The van der Waals surface area contributed by atoms with E-state index in [1.54, 1.807) is 14.2 Å². The number of methoxy groups -OCH3 is 2. The second-order valence-corrected chi connectivity index (χ2v) is 14.4. The molecule has 5 heteroatoms. The van der Waals surface area contributed by atoms with Gasteiger partial charge in [0.15, 0.2) is 8.32 Å². The Bertz CT molecular complexity index is 820. The first-order valence-corrected chi connectivity index (χ1v) is 14.2. The Hall–Kier alpha value is -1.92. The summed E-state index contributed by atoms with van der Waals surface area (Å²) in [5.74, 6) is 0.867. The van der Waals surface area contributed by atoms with Crippen LogP contribution in [0.4, 0.5) is 0 Å². The number of hydrogen-bond acceptors (Lipinski definition) is 4. The van der Waals surface area contributed by atoms with Crippen molar-refractivity contribution in [3.8, 4) is 5.75 Å². The van der Waals surface area contributed by atoms with E-state index >= 15 is 0 Å². The van der Waals surface area contributed by atoms with Gasteiger partial charge in [0.2, 0.25) is 0 Å². The molecule has 0 aliphatic heterocycles. The van der Waals surface area contributed by atoms with E-state index in [9.17, 15) is 0 Å². The highest BCUT2D eigenvalue weighted by atomic mass is 28.4. The Balaban J connectivity index is 2.03. The molecule has 2 aromatic rings. The lowest BCUT2D eigenvalue weighted by Gasteiger charge is -2.39. The fourth-order valence-corrected chi connectivity index (χ4v) is 4.35. The lowest BCUT2D eigenvalue weighted by atomic mass is 10.0. The fraction of sp³-hybridized carbons (Fsp3) is 0.481. The highest BCUT2D eigenvalue weighted by molar-refractivity contribution is 6.74. The molecule has 0 bridgehead atoms. The summed E-state index contributed by atoms with van der Waals surface area (Å²) < 4.78 is 22.4. The zero-order valence-corrected chi connectivity index (χ0v) is 21.8. The van der Waals surface area contributed by atoms with Crippen LogP contribution in [0.3, 0.4) is 0 Å². The normalized spacial score (nSPS) is 13.5. The van der Waals surface area contributed by atoms with Crippen LogP contribution in [0.1, 0.15) is 50.0 Å². The average Bonchev–Trinajstić information content (AvgIpc) is 2.76. The zero-order valence-electron chi connectivity index (χ0n) is 20.8. The van der Waals surface area contributed by atoms with Gasteiger partial charge in [0, 0.05) is 7.11 Å². The van der Waals surface area contributed by atoms with Gasteiger partial charge < -0.3 is 18.6 Å². The van der Waals surface area contributed by atoms with E-state index in [1.165, 1.54) is 11.1 Å². The Labute approximate surface area is 195 Å². The van der Waals surface area contributed by atoms with Crippen molar-refractivity contribution in [2.45, 2.75) is 64.5 Å². The molecule has 0 aliphatic carbocycles. The van der Waals surface area contributed by atoms with Crippen LogP contribution in [0.2, 0.25) is 18.1 Å². The number of ether oxygens (including phenoxy) is 3. The highest BCUT2D eigenvalue weighted by Crippen LogP contribution is 2.40. The quantitative estimate of drug-likeness (QED) is 0.148. The molecule has 0 radical (unpaired) electrons. The first kappa shape index (κ1) is 26.3. The van der Waals surface area contributed by atoms with Crippen LogP contribution in [0.25, 0.3) is 0 Å². The summed E-state index contributed by atoms with van der Waals surface area (Å²) in [4.78, 5) is 0. The van der Waals surface area contributed by atoms with Gasteiger partial charge in [0.25, 0.3) is 0 Å². The number of benzene rings is 2. The maximum absolute atomic E-state index is 6.80. The summed E-state index contributed by atoms with van der Waals surface area (Å²) >= 11 is 0. The van der Waals surface area contributed by atoms with Crippen LogP contribution in [-0.4, -0.2) is 29.3 Å². The molecule has 32 heavy (non-hydrogen) atoms. The van der Waals surface area contributed by atoms with Gasteiger partial charge in [0.1, 0.15) is 12.5 Å². The van der Waals surface area contributed by atoms with Gasteiger partial charge in [-0.15, -0.1) is 0 Å². The summed E-state index contributed by atoms with van der Waals surface area (Å²) in [5.41, 5.74) is 3.63. The Morgan fingerprint density at radius 3 is 2.06 bits per heavy atom. The van der Waals surface area contributed by atoms with Crippen LogP contribution >= 0.6 is 0 Å². The second kappa shape index (κ2) is 12.4. The molecule has 0 aliphatic rings. The minimum Gasteiger partial charge on any atom is -0.497 e. The van der Waals surface area contributed by atoms with Crippen molar-refractivity contribution in [2.75, 3.05) is 21.0 Å². The number of rotatable bonds is 12. The molecule has 0 fully saturated rings. The van der Waals surface area contributed by atoms with E-state index < -0.39 is 8.32 Å². The standard InChI is InChI=1S/C27H40O4Si/c1-27(2,3)32(6,7)31-26(24-16-18-25(29-5)19-17-24)11-9-8-10-22-12-14-23(15-13-22)20-30-21-28-4/h8-9,12-19,26H,10-11,20-21H2,1-7H3/b9-8+. The molecule has 2 aromatic carbocycles. The van der Waals surface area contributed by atoms with E-state index in [0.29, 0.717) is 13.4 Å². The monoisotopic (exact) mass is 456 g/mol. The lowest BCUT2D eigenvalue weighted by Crippen LogP contribution is -2.41. The Morgan fingerprint density at radius 2 is 1.50 bits per heavy atom. The van der Waals surface area contributed by atoms with Crippen LogP contribution in [0.5, 0.6) is 5.75 Å². The first-order chi connectivity index (χ1) is 15.2. The Morgan fingerprint density at radius 1 is 0.875 bits per heavy atom. The molecule has 0 spiro atoms. The molecule has 2 rings (SSSR count). The van der Waals surface area contributed by atoms with Crippen molar-refractivity contribution in [1.82, 2.24) is 0 Å². The van der Waals surface area contributed by atoms with Crippen LogP contribution in [0, 0.1) is 0 Å². The predicted octanol–water partition coefficient (Wildman–Crippen LogP) is 7.07. The SMILES string of the molecule is COCOCc1ccc(C/C=C/CC(O[Si](C)(C)C(C)(C)C)c2ccc(OC)cc2)cc1. The third-order valence-electron chi connectivity index (χ3n) is 6.09. The molecule has 0 aromatic heterocycles. The van der Waals surface area contributed by atoms with Crippen molar-refractivity contribution in [2.24, 2.45) is 0 Å². The molecule has 0 N–H and O–H groups in total. The summed E-state index contributed by atoms with van der Waals surface area (Å²) in [6.07, 6.45) is 6.27. The van der Waals surface area contributed by atoms with Crippen molar-refractivity contribution in [1.29, 1.82) is 0 Å². The smallest absolute Gasteiger partial charge is 0.192 e. The fourth-order valence-electron chi connectivity index (χ4n) is 3.06. The molecule has 176 valence electrons. The molecule has 4 nitrogen and oxygen atoms in total. The molecule has 0 heterocycles. The van der Waals surface area contributed by atoms with Gasteiger partial charge in [-0.3, -0.25) is 0 Å². The summed E-state index contributed by atoms with van der Waals surface area (Å²) in [6.45, 7) is 12.4. The zero-order chi connectivity index (χ0) is 23.6.